The second kappa shape index (κ2) is 9.89. The highest BCUT2D eigenvalue weighted by Crippen LogP contribution is 2.44. The average molecular weight is 497 g/mol. The lowest BCUT2D eigenvalue weighted by Crippen LogP contribution is -2.35. The topological polar surface area (TPSA) is 84.5 Å². The summed E-state index contributed by atoms with van der Waals surface area (Å²) in [5.74, 6) is -0.789. The van der Waals surface area contributed by atoms with Gasteiger partial charge in [-0.2, -0.15) is 0 Å². The number of amides is 1. The van der Waals surface area contributed by atoms with E-state index < -0.39 is 21.5 Å². The van der Waals surface area contributed by atoms with Crippen LogP contribution in [-0.4, -0.2) is 33.6 Å². The van der Waals surface area contributed by atoms with E-state index >= 15 is 0 Å². The first-order chi connectivity index (χ1) is 16.6. The maximum Gasteiger partial charge on any atom is 0.255 e. The van der Waals surface area contributed by atoms with Gasteiger partial charge >= 0.3 is 0 Å². The molecular weight excluding hydrogens is 467 g/mol. The predicted octanol–water partition coefficient (Wildman–Crippen LogP) is 4.80. The molecule has 1 amide bonds. The van der Waals surface area contributed by atoms with Gasteiger partial charge in [-0.3, -0.25) is 4.79 Å². The zero-order valence-corrected chi connectivity index (χ0v) is 20.8. The van der Waals surface area contributed by atoms with Crippen LogP contribution in [0.25, 0.3) is 0 Å². The van der Waals surface area contributed by atoms with Crippen LogP contribution in [0, 0.1) is 12.7 Å². The van der Waals surface area contributed by atoms with E-state index in [9.17, 15) is 17.6 Å². The van der Waals surface area contributed by atoms with E-state index in [0.717, 1.165) is 6.42 Å². The molecule has 2 N–H and O–H groups in total. The number of hydrogen-bond donors (Lipinski definition) is 2. The lowest BCUT2D eigenvalue weighted by Gasteiger charge is -2.30. The van der Waals surface area contributed by atoms with Crippen molar-refractivity contribution in [2.24, 2.45) is 0 Å². The Hall–Kier alpha value is -3.07. The van der Waals surface area contributed by atoms with Gasteiger partial charge in [-0.1, -0.05) is 30.3 Å². The summed E-state index contributed by atoms with van der Waals surface area (Å²) >= 11 is 0. The molecule has 4 rings (SSSR count). The summed E-state index contributed by atoms with van der Waals surface area (Å²) in [7, 11) is -2.15. The fourth-order valence-electron chi connectivity index (χ4n) is 4.69. The van der Waals surface area contributed by atoms with Gasteiger partial charge in [-0.15, -0.1) is 0 Å². The van der Waals surface area contributed by atoms with Crippen LogP contribution in [-0.2, 0) is 21.2 Å². The first kappa shape index (κ1) is 25.0. The molecule has 35 heavy (non-hydrogen) atoms. The average Bonchev–Trinajstić information content (AvgIpc) is 3.13. The van der Waals surface area contributed by atoms with Gasteiger partial charge in [0.05, 0.1) is 10.5 Å². The van der Waals surface area contributed by atoms with Gasteiger partial charge in [0.15, 0.2) is 0 Å². The summed E-state index contributed by atoms with van der Waals surface area (Å²) in [6.45, 7) is 3.88. The number of rotatable bonds is 8. The zero-order valence-electron chi connectivity index (χ0n) is 20.0. The van der Waals surface area contributed by atoms with Gasteiger partial charge in [-0.25, -0.2) is 17.5 Å². The van der Waals surface area contributed by atoms with Crippen molar-refractivity contribution in [1.29, 1.82) is 0 Å². The van der Waals surface area contributed by atoms with E-state index in [2.05, 4.69) is 29.1 Å². The highest BCUT2D eigenvalue weighted by Gasteiger charge is 2.42. The fraction of sp³-hybridized carbons (Fsp3) is 0.296. The third-order valence-corrected chi connectivity index (χ3v) is 8.18. The van der Waals surface area contributed by atoms with Gasteiger partial charge in [0.25, 0.3) is 5.91 Å². The predicted molar refractivity (Wildman–Crippen MR) is 134 cm³/mol. The smallest absolute Gasteiger partial charge is 0.255 e. The number of aryl methyl sites for hydroxylation is 1. The third-order valence-electron chi connectivity index (χ3n) is 6.72. The minimum Gasteiger partial charge on any atom is -0.378 e. The van der Waals surface area contributed by atoms with Crippen LogP contribution in [0.1, 0.15) is 46.3 Å². The van der Waals surface area contributed by atoms with Crippen LogP contribution >= 0.6 is 0 Å². The molecule has 2 unspecified atom stereocenters. The van der Waals surface area contributed by atoms with E-state index in [1.807, 2.05) is 12.1 Å². The molecular formula is C27H29FN2O4S. The van der Waals surface area contributed by atoms with Crippen molar-refractivity contribution >= 4 is 21.6 Å². The molecule has 8 heteroatoms. The molecule has 0 spiro atoms. The largest absolute Gasteiger partial charge is 0.378 e. The van der Waals surface area contributed by atoms with Gasteiger partial charge in [0.2, 0.25) is 10.0 Å². The minimum absolute atomic E-state index is 0.00163. The molecule has 3 aromatic rings. The lowest BCUT2D eigenvalue weighted by molar-refractivity contribution is -0.00909. The summed E-state index contributed by atoms with van der Waals surface area (Å²) < 4.78 is 47.9. The Labute approximate surface area is 205 Å². The van der Waals surface area contributed by atoms with E-state index in [4.69, 9.17) is 4.74 Å². The number of carbonyl (C=O) groups is 1. The molecule has 6 nitrogen and oxygen atoms in total. The molecule has 0 bridgehead atoms. The minimum atomic E-state index is -3.83. The van der Waals surface area contributed by atoms with Crippen LogP contribution in [0.4, 0.5) is 10.1 Å². The molecule has 0 aromatic heterocycles. The molecule has 3 aromatic carbocycles. The van der Waals surface area contributed by atoms with Gasteiger partial charge in [0, 0.05) is 37.2 Å². The number of anilines is 1. The quantitative estimate of drug-likeness (QED) is 0.469. The molecule has 1 aliphatic rings. The third kappa shape index (κ3) is 5.29. The van der Waals surface area contributed by atoms with Crippen molar-refractivity contribution in [1.82, 2.24) is 4.72 Å². The van der Waals surface area contributed by atoms with Crippen LogP contribution in [0.2, 0.25) is 0 Å². The maximum atomic E-state index is 13.5. The Kier molecular flexibility index (Phi) is 7.07. The maximum absolute atomic E-state index is 13.5. The van der Waals surface area contributed by atoms with E-state index in [1.54, 1.807) is 14.0 Å². The Morgan fingerprint density at radius 1 is 1.11 bits per heavy atom. The highest BCUT2D eigenvalue weighted by atomic mass is 32.2. The number of nitrogens with one attached hydrogen (secondary N) is 2. The summed E-state index contributed by atoms with van der Waals surface area (Å²) in [5.41, 5.74) is 3.03. The van der Waals surface area contributed by atoms with Crippen LogP contribution < -0.4 is 10.0 Å². The normalized spacial score (nSPS) is 19.4. The van der Waals surface area contributed by atoms with Crippen molar-refractivity contribution in [2.45, 2.75) is 43.1 Å². The van der Waals surface area contributed by atoms with Crippen LogP contribution in [0.15, 0.2) is 71.6 Å². The Bertz CT molecular complexity index is 1360. The standard InChI is InChI=1S/C27H29FN2O4S/c1-18-15-21(11-12-25(18)28)30-26(31)19-8-6-9-22(16-19)35(32,33)29-14-13-24-23-10-5-4-7-20(23)17-27(24,2)34-3/h4-12,15-16,24,29H,13-14,17H2,1-3H3,(H,30,31). The summed E-state index contributed by atoms with van der Waals surface area (Å²) in [5, 5.41) is 2.68. The number of halogens is 1. The second-order valence-corrected chi connectivity index (χ2v) is 10.8. The number of sulfonamides is 1. The van der Waals surface area contributed by atoms with E-state index in [0.29, 0.717) is 17.7 Å². The lowest BCUT2D eigenvalue weighted by atomic mass is 9.87. The Balaban J connectivity index is 1.44. The second-order valence-electron chi connectivity index (χ2n) is 9.08. The van der Waals surface area contributed by atoms with Gasteiger partial charge in [-0.05, 0) is 73.4 Å². The molecule has 0 radical (unpaired) electrons. The van der Waals surface area contributed by atoms with Crippen LogP contribution in [0.3, 0.4) is 0 Å². The summed E-state index contributed by atoms with van der Waals surface area (Å²) in [4.78, 5) is 12.7. The first-order valence-electron chi connectivity index (χ1n) is 11.4. The van der Waals surface area contributed by atoms with Crippen molar-refractivity contribution in [3.05, 3.63) is 94.8 Å². The number of hydrogen-bond acceptors (Lipinski definition) is 4. The van der Waals surface area contributed by atoms with Crippen molar-refractivity contribution in [2.75, 3.05) is 19.0 Å². The summed E-state index contributed by atoms with van der Waals surface area (Å²) in [6.07, 6.45) is 1.35. The van der Waals surface area contributed by atoms with Crippen LogP contribution in [0.5, 0.6) is 0 Å². The number of ether oxygens (including phenoxy) is 1. The van der Waals surface area contributed by atoms with Gasteiger partial charge < -0.3 is 10.1 Å². The number of fused-ring (bicyclic) bond motifs is 1. The molecule has 0 saturated heterocycles. The molecule has 2 atom stereocenters. The number of methoxy groups -OCH3 is 1. The molecule has 0 fully saturated rings. The molecule has 0 saturated carbocycles. The van der Waals surface area contributed by atoms with Crippen molar-refractivity contribution < 1.29 is 22.3 Å². The zero-order chi connectivity index (χ0) is 25.2. The first-order valence-corrected chi connectivity index (χ1v) is 12.9. The Morgan fingerprint density at radius 2 is 1.89 bits per heavy atom. The number of benzene rings is 3. The summed E-state index contributed by atoms with van der Waals surface area (Å²) in [6, 6.07) is 18.2. The SMILES string of the molecule is COC1(C)Cc2ccccc2C1CCNS(=O)(=O)c1cccc(C(=O)Nc2ccc(F)c(C)c2)c1. The number of carbonyl (C=O) groups excluding carboxylic acids is 1. The highest BCUT2D eigenvalue weighted by molar-refractivity contribution is 7.89. The van der Waals surface area contributed by atoms with E-state index in [1.165, 1.54) is 53.6 Å². The van der Waals surface area contributed by atoms with Crippen molar-refractivity contribution in [3.63, 3.8) is 0 Å². The fourth-order valence-corrected chi connectivity index (χ4v) is 5.78. The van der Waals surface area contributed by atoms with Gasteiger partial charge in [0.1, 0.15) is 5.82 Å². The van der Waals surface area contributed by atoms with Crippen molar-refractivity contribution in [3.8, 4) is 0 Å². The van der Waals surface area contributed by atoms with E-state index in [-0.39, 0.29) is 28.7 Å². The monoisotopic (exact) mass is 496 g/mol. The molecule has 184 valence electrons. The molecule has 1 aliphatic carbocycles. The molecule has 0 heterocycles. The Morgan fingerprint density at radius 3 is 2.63 bits per heavy atom. The molecule has 0 aliphatic heterocycles.